The Balaban J connectivity index is 1.95. The van der Waals surface area contributed by atoms with Crippen molar-refractivity contribution in [3.8, 4) is 11.5 Å². The summed E-state index contributed by atoms with van der Waals surface area (Å²) in [7, 11) is 3.37. The fourth-order valence-corrected chi connectivity index (χ4v) is 4.52. The molecule has 2 atom stereocenters. The SMILES string of the molecule is COc1ccc(C2(N)CCCC(C3CC3)C2)c(OC)c1Br. The lowest BCUT2D eigenvalue weighted by molar-refractivity contribution is 0.202. The molecule has 2 saturated carbocycles. The lowest BCUT2D eigenvalue weighted by atomic mass is 9.71. The summed E-state index contributed by atoms with van der Waals surface area (Å²) in [5, 5.41) is 0. The average molecular weight is 354 g/mol. The van der Waals surface area contributed by atoms with Gasteiger partial charge in [0, 0.05) is 11.1 Å². The first-order chi connectivity index (χ1) is 10.1. The van der Waals surface area contributed by atoms with Gasteiger partial charge in [0.05, 0.1) is 14.2 Å². The van der Waals surface area contributed by atoms with Gasteiger partial charge in [0.25, 0.3) is 0 Å². The van der Waals surface area contributed by atoms with Crippen molar-refractivity contribution in [2.45, 2.75) is 44.1 Å². The molecular formula is C17H24BrNO2. The molecule has 0 radical (unpaired) electrons. The average Bonchev–Trinajstić information content (AvgIpc) is 3.31. The highest BCUT2D eigenvalue weighted by atomic mass is 79.9. The van der Waals surface area contributed by atoms with Gasteiger partial charge in [0.2, 0.25) is 0 Å². The summed E-state index contributed by atoms with van der Waals surface area (Å²) in [4.78, 5) is 0. The number of methoxy groups -OCH3 is 2. The van der Waals surface area contributed by atoms with Crippen LogP contribution < -0.4 is 15.2 Å². The van der Waals surface area contributed by atoms with E-state index >= 15 is 0 Å². The second-order valence-electron chi connectivity index (χ2n) is 6.51. The van der Waals surface area contributed by atoms with Crippen molar-refractivity contribution in [3.05, 3.63) is 22.2 Å². The van der Waals surface area contributed by atoms with E-state index in [4.69, 9.17) is 15.2 Å². The van der Waals surface area contributed by atoms with Gasteiger partial charge in [0.1, 0.15) is 16.0 Å². The predicted octanol–water partition coefficient (Wildman–Crippen LogP) is 4.22. The second-order valence-corrected chi connectivity index (χ2v) is 7.31. The van der Waals surface area contributed by atoms with E-state index in [0.717, 1.165) is 46.2 Å². The first kappa shape index (κ1) is 15.2. The minimum Gasteiger partial charge on any atom is -0.495 e. The summed E-state index contributed by atoms with van der Waals surface area (Å²) in [6.07, 6.45) is 7.44. The molecule has 3 rings (SSSR count). The molecule has 0 aliphatic heterocycles. The van der Waals surface area contributed by atoms with Crippen LogP contribution >= 0.6 is 15.9 Å². The molecule has 0 aromatic heterocycles. The van der Waals surface area contributed by atoms with E-state index in [0.29, 0.717) is 0 Å². The quantitative estimate of drug-likeness (QED) is 0.881. The number of rotatable bonds is 4. The van der Waals surface area contributed by atoms with Crippen LogP contribution in [0.15, 0.2) is 16.6 Å². The molecule has 0 amide bonds. The summed E-state index contributed by atoms with van der Waals surface area (Å²) in [5.41, 5.74) is 7.67. The van der Waals surface area contributed by atoms with Crippen molar-refractivity contribution in [1.82, 2.24) is 0 Å². The minimum atomic E-state index is -0.272. The van der Waals surface area contributed by atoms with Crippen LogP contribution in [0.4, 0.5) is 0 Å². The number of nitrogens with two attached hydrogens (primary N) is 1. The zero-order chi connectivity index (χ0) is 15.0. The molecule has 0 spiro atoms. The van der Waals surface area contributed by atoms with E-state index in [9.17, 15) is 0 Å². The molecule has 2 unspecified atom stereocenters. The topological polar surface area (TPSA) is 44.5 Å². The van der Waals surface area contributed by atoms with E-state index < -0.39 is 0 Å². The number of halogens is 1. The van der Waals surface area contributed by atoms with E-state index in [1.54, 1.807) is 14.2 Å². The number of ether oxygens (including phenoxy) is 2. The second kappa shape index (κ2) is 5.81. The molecule has 0 heterocycles. The fourth-order valence-electron chi connectivity index (χ4n) is 3.85. The van der Waals surface area contributed by atoms with E-state index in [1.165, 1.54) is 25.7 Å². The summed E-state index contributed by atoms with van der Waals surface area (Å²) in [6, 6.07) is 4.06. The summed E-state index contributed by atoms with van der Waals surface area (Å²) >= 11 is 3.59. The molecule has 1 aromatic carbocycles. The highest BCUT2D eigenvalue weighted by molar-refractivity contribution is 9.10. The van der Waals surface area contributed by atoms with Crippen molar-refractivity contribution in [2.75, 3.05) is 14.2 Å². The lowest BCUT2D eigenvalue weighted by Crippen LogP contribution is -2.42. The Morgan fingerprint density at radius 1 is 1.14 bits per heavy atom. The van der Waals surface area contributed by atoms with Gasteiger partial charge < -0.3 is 15.2 Å². The molecule has 4 heteroatoms. The Hall–Kier alpha value is -0.740. The molecule has 2 aliphatic rings. The van der Waals surface area contributed by atoms with Crippen LogP contribution in [0.5, 0.6) is 11.5 Å². The van der Waals surface area contributed by atoms with Gasteiger partial charge in [-0.1, -0.05) is 12.8 Å². The van der Waals surface area contributed by atoms with Crippen LogP contribution in [-0.2, 0) is 5.54 Å². The lowest BCUT2D eigenvalue weighted by Gasteiger charge is -2.39. The number of hydrogen-bond acceptors (Lipinski definition) is 3. The van der Waals surface area contributed by atoms with Gasteiger partial charge in [-0.05, 0) is 65.6 Å². The first-order valence-corrected chi connectivity index (χ1v) is 8.58. The van der Waals surface area contributed by atoms with Crippen molar-refractivity contribution in [1.29, 1.82) is 0 Å². The van der Waals surface area contributed by atoms with Crippen LogP contribution in [-0.4, -0.2) is 14.2 Å². The monoisotopic (exact) mass is 353 g/mol. The highest BCUT2D eigenvalue weighted by Gasteiger charge is 2.42. The third-order valence-corrected chi connectivity index (χ3v) is 5.89. The molecule has 21 heavy (non-hydrogen) atoms. The predicted molar refractivity (Wildman–Crippen MR) is 87.8 cm³/mol. The first-order valence-electron chi connectivity index (χ1n) is 7.79. The summed E-state index contributed by atoms with van der Waals surface area (Å²) < 4.78 is 11.9. The Kier molecular flexibility index (Phi) is 4.19. The normalized spacial score (nSPS) is 29.2. The Bertz CT molecular complexity index is 530. The van der Waals surface area contributed by atoms with Crippen molar-refractivity contribution < 1.29 is 9.47 Å². The maximum Gasteiger partial charge on any atom is 0.141 e. The number of benzene rings is 1. The van der Waals surface area contributed by atoms with Gasteiger partial charge in [0.15, 0.2) is 0 Å². The van der Waals surface area contributed by atoms with Crippen molar-refractivity contribution >= 4 is 15.9 Å². The number of hydrogen-bond donors (Lipinski definition) is 1. The molecular weight excluding hydrogens is 330 g/mol. The minimum absolute atomic E-state index is 0.272. The zero-order valence-corrected chi connectivity index (χ0v) is 14.4. The maximum absolute atomic E-state index is 6.83. The molecule has 0 saturated heterocycles. The molecule has 2 aliphatic carbocycles. The molecule has 0 bridgehead atoms. The van der Waals surface area contributed by atoms with Gasteiger partial charge in [-0.3, -0.25) is 0 Å². The van der Waals surface area contributed by atoms with Gasteiger partial charge in [-0.15, -0.1) is 0 Å². The largest absolute Gasteiger partial charge is 0.495 e. The smallest absolute Gasteiger partial charge is 0.141 e. The van der Waals surface area contributed by atoms with Crippen LogP contribution in [0.3, 0.4) is 0 Å². The Morgan fingerprint density at radius 3 is 2.52 bits per heavy atom. The summed E-state index contributed by atoms with van der Waals surface area (Å²) in [6.45, 7) is 0. The fraction of sp³-hybridized carbons (Fsp3) is 0.647. The summed E-state index contributed by atoms with van der Waals surface area (Å²) in [5.74, 6) is 3.32. The van der Waals surface area contributed by atoms with E-state index in [1.807, 2.05) is 6.07 Å². The zero-order valence-electron chi connectivity index (χ0n) is 12.8. The Labute approximate surface area is 135 Å². The van der Waals surface area contributed by atoms with Crippen LogP contribution in [0.1, 0.15) is 44.1 Å². The van der Waals surface area contributed by atoms with Crippen LogP contribution in [0, 0.1) is 11.8 Å². The standard InChI is InChI=1S/C17H24BrNO2/c1-20-14-8-7-13(16(21-2)15(14)18)17(19)9-3-4-12(10-17)11-5-6-11/h7-8,11-12H,3-6,9-10,19H2,1-2H3. The van der Waals surface area contributed by atoms with Crippen LogP contribution in [0.2, 0.25) is 0 Å². The molecule has 3 nitrogen and oxygen atoms in total. The van der Waals surface area contributed by atoms with Gasteiger partial charge in [-0.25, -0.2) is 0 Å². The third-order valence-electron chi connectivity index (χ3n) is 5.14. The Morgan fingerprint density at radius 2 is 1.90 bits per heavy atom. The molecule has 1 aromatic rings. The maximum atomic E-state index is 6.83. The van der Waals surface area contributed by atoms with Gasteiger partial charge >= 0.3 is 0 Å². The van der Waals surface area contributed by atoms with Crippen molar-refractivity contribution in [2.24, 2.45) is 17.6 Å². The van der Waals surface area contributed by atoms with Gasteiger partial charge in [-0.2, -0.15) is 0 Å². The van der Waals surface area contributed by atoms with Crippen LogP contribution in [0.25, 0.3) is 0 Å². The molecule has 116 valence electrons. The van der Waals surface area contributed by atoms with Crippen molar-refractivity contribution in [3.63, 3.8) is 0 Å². The van der Waals surface area contributed by atoms with E-state index in [2.05, 4.69) is 22.0 Å². The highest BCUT2D eigenvalue weighted by Crippen LogP contribution is 2.51. The molecule has 2 fully saturated rings. The van der Waals surface area contributed by atoms with E-state index in [-0.39, 0.29) is 5.54 Å². The molecule has 2 N–H and O–H groups in total. The third kappa shape index (κ3) is 2.80.